The van der Waals surface area contributed by atoms with Gasteiger partial charge in [0.15, 0.2) is 0 Å². The fourth-order valence-corrected chi connectivity index (χ4v) is 7.42. The monoisotopic (exact) mass is 790 g/mol. The molecule has 0 fully saturated rings. The lowest BCUT2D eigenvalue weighted by molar-refractivity contribution is -0.132. The summed E-state index contributed by atoms with van der Waals surface area (Å²) in [6, 6.07) is -1.01. The molecule has 6 nitrogen and oxygen atoms in total. The first-order valence-corrected chi connectivity index (χ1v) is 24.4. The SMILES string of the molecule is CCCCCCCCC/C=C\CCCCCCC(O)C(=O)NC(CO)C(O)C(O)CCC/C=C/CC/C=C/CCCCCCCCCCCCCCCCCC. The number of amides is 1. The molecule has 0 aromatic carbocycles. The van der Waals surface area contributed by atoms with Gasteiger partial charge in [-0.05, 0) is 77.0 Å². The molecule has 0 saturated carbocycles. The van der Waals surface area contributed by atoms with E-state index in [2.05, 4.69) is 55.6 Å². The number of hydrogen-bond acceptors (Lipinski definition) is 5. The summed E-state index contributed by atoms with van der Waals surface area (Å²) < 4.78 is 0. The summed E-state index contributed by atoms with van der Waals surface area (Å²) >= 11 is 0. The molecule has 0 radical (unpaired) electrons. The number of aliphatic hydroxyl groups is 4. The fraction of sp³-hybridized carbons (Fsp3) is 0.860. The lowest BCUT2D eigenvalue weighted by Gasteiger charge is -2.27. The predicted molar refractivity (Wildman–Crippen MR) is 242 cm³/mol. The van der Waals surface area contributed by atoms with E-state index in [9.17, 15) is 25.2 Å². The van der Waals surface area contributed by atoms with Crippen molar-refractivity contribution in [3.05, 3.63) is 36.5 Å². The van der Waals surface area contributed by atoms with E-state index in [-0.39, 0.29) is 0 Å². The van der Waals surface area contributed by atoms with Crippen LogP contribution >= 0.6 is 0 Å². The lowest BCUT2D eigenvalue weighted by Crippen LogP contribution is -2.53. The molecule has 0 heterocycles. The Morgan fingerprint density at radius 2 is 0.750 bits per heavy atom. The van der Waals surface area contributed by atoms with Crippen molar-refractivity contribution in [2.24, 2.45) is 0 Å². The van der Waals surface area contributed by atoms with E-state index < -0.39 is 36.9 Å². The number of carbonyl (C=O) groups excluding carboxylic acids is 1. The van der Waals surface area contributed by atoms with Gasteiger partial charge in [-0.1, -0.05) is 204 Å². The highest BCUT2D eigenvalue weighted by atomic mass is 16.3. The Morgan fingerprint density at radius 1 is 0.429 bits per heavy atom. The van der Waals surface area contributed by atoms with Gasteiger partial charge in [-0.2, -0.15) is 0 Å². The van der Waals surface area contributed by atoms with Crippen LogP contribution in [0.1, 0.15) is 245 Å². The third kappa shape index (κ3) is 38.1. The van der Waals surface area contributed by atoms with Crippen LogP contribution in [0.4, 0.5) is 0 Å². The zero-order chi connectivity index (χ0) is 41.0. The molecule has 0 spiro atoms. The van der Waals surface area contributed by atoms with Gasteiger partial charge >= 0.3 is 0 Å². The maximum atomic E-state index is 12.5. The highest BCUT2D eigenvalue weighted by molar-refractivity contribution is 5.80. The van der Waals surface area contributed by atoms with E-state index in [4.69, 9.17) is 0 Å². The molecule has 0 bridgehead atoms. The average molecular weight is 790 g/mol. The van der Waals surface area contributed by atoms with Crippen molar-refractivity contribution in [3.8, 4) is 0 Å². The Bertz CT molecular complexity index is 889. The Hall–Kier alpha value is -1.47. The Morgan fingerprint density at radius 3 is 1.12 bits per heavy atom. The zero-order valence-corrected chi connectivity index (χ0v) is 37.1. The highest BCUT2D eigenvalue weighted by Gasteiger charge is 2.28. The molecular formula is C50H95NO5. The van der Waals surface area contributed by atoms with Gasteiger partial charge in [-0.15, -0.1) is 0 Å². The summed E-state index contributed by atoms with van der Waals surface area (Å²) in [6.07, 6.45) is 53.4. The smallest absolute Gasteiger partial charge is 0.249 e. The van der Waals surface area contributed by atoms with Crippen LogP contribution in [0.3, 0.4) is 0 Å². The molecular weight excluding hydrogens is 695 g/mol. The van der Waals surface area contributed by atoms with Crippen LogP contribution in [0.5, 0.6) is 0 Å². The van der Waals surface area contributed by atoms with E-state index in [1.54, 1.807) is 0 Å². The summed E-state index contributed by atoms with van der Waals surface area (Å²) in [5, 5.41) is 43.7. The minimum atomic E-state index is -1.29. The predicted octanol–water partition coefficient (Wildman–Crippen LogP) is 13.3. The van der Waals surface area contributed by atoms with Crippen LogP contribution in [-0.2, 0) is 4.79 Å². The number of unbranched alkanes of at least 4 members (excludes halogenated alkanes) is 29. The molecule has 0 aromatic heterocycles. The van der Waals surface area contributed by atoms with Crippen molar-refractivity contribution in [1.29, 1.82) is 0 Å². The standard InChI is InChI=1S/C50H95NO5/c1-3-5-7-9-11-13-15-17-19-20-21-22-23-24-25-26-27-28-30-31-33-35-37-39-41-43-47(53)49(55)46(45-52)51-50(56)48(54)44-42-40-38-36-34-32-29-18-16-14-12-10-8-6-4-2/h28-30,32,35,37,46-49,52-55H,3-27,31,33-34,36,38-45H2,1-2H3,(H,51,56)/b30-28+,32-29-,37-35+. The first-order valence-electron chi connectivity index (χ1n) is 24.4. The van der Waals surface area contributed by atoms with Crippen LogP contribution in [0.2, 0.25) is 0 Å². The van der Waals surface area contributed by atoms with Crippen molar-refractivity contribution >= 4 is 5.91 Å². The van der Waals surface area contributed by atoms with Crippen LogP contribution in [0, 0.1) is 0 Å². The van der Waals surface area contributed by atoms with E-state index in [1.165, 1.54) is 161 Å². The van der Waals surface area contributed by atoms with Crippen molar-refractivity contribution in [2.75, 3.05) is 6.61 Å². The van der Waals surface area contributed by atoms with Crippen LogP contribution < -0.4 is 5.32 Å². The van der Waals surface area contributed by atoms with Gasteiger partial charge in [-0.3, -0.25) is 4.79 Å². The summed E-state index contributed by atoms with van der Waals surface area (Å²) in [6.45, 7) is 4.04. The normalized spacial score (nSPS) is 14.3. The molecule has 4 atom stereocenters. The third-order valence-corrected chi connectivity index (χ3v) is 11.3. The van der Waals surface area contributed by atoms with Gasteiger partial charge in [0.25, 0.3) is 0 Å². The minimum Gasteiger partial charge on any atom is -0.394 e. The third-order valence-electron chi connectivity index (χ3n) is 11.3. The Kier molecular flexibility index (Phi) is 43.5. The average Bonchev–Trinajstić information content (AvgIpc) is 3.20. The Labute approximate surface area is 347 Å². The van der Waals surface area contributed by atoms with Gasteiger partial charge < -0.3 is 25.7 Å². The molecule has 0 rings (SSSR count). The van der Waals surface area contributed by atoms with Crippen LogP contribution in [0.25, 0.3) is 0 Å². The van der Waals surface area contributed by atoms with Crippen molar-refractivity contribution in [3.63, 3.8) is 0 Å². The van der Waals surface area contributed by atoms with Crippen LogP contribution in [-0.4, -0.2) is 57.3 Å². The lowest BCUT2D eigenvalue weighted by atomic mass is 10.00. The summed E-state index contributed by atoms with van der Waals surface area (Å²) in [4.78, 5) is 12.5. The number of hydrogen-bond donors (Lipinski definition) is 5. The molecule has 0 aliphatic carbocycles. The molecule has 6 heteroatoms. The van der Waals surface area contributed by atoms with E-state index in [0.29, 0.717) is 19.3 Å². The van der Waals surface area contributed by atoms with E-state index in [1.807, 2.05) is 0 Å². The van der Waals surface area contributed by atoms with E-state index >= 15 is 0 Å². The molecule has 56 heavy (non-hydrogen) atoms. The molecule has 4 unspecified atom stereocenters. The molecule has 1 amide bonds. The Balaban J connectivity index is 3.75. The summed E-state index contributed by atoms with van der Waals surface area (Å²) in [5.74, 6) is -0.606. The second-order valence-corrected chi connectivity index (χ2v) is 16.8. The van der Waals surface area contributed by atoms with Gasteiger partial charge in [0, 0.05) is 0 Å². The quantitative estimate of drug-likeness (QED) is 0.0312. The van der Waals surface area contributed by atoms with Crippen molar-refractivity contribution < 1.29 is 25.2 Å². The maximum absolute atomic E-state index is 12.5. The van der Waals surface area contributed by atoms with E-state index in [0.717, 1.165) is 51.4 Å². The topological polar surface area (TPSA) is 110 Å². The van der Waals surface area contributed by atoms with Gasteiger partial charge in [0.2, 0.25) is 5.91 Å². The van der Waals surface area contributed by atoms with Crippen molar-refractivity contribution in [1.82, 2.24) is 5.32 Å². The van der Waals surface area contributed by atoms with Crippen molar-refractivity contribution in [2.45, 2.75) is 269 Å². The number of carbonyl (C=O) groups is 1. The van der Waals surface area contributed by atoms with Gasteiger partial charge in [0.1, 0.15) is 12.2 Å². The largest absolute Gasteiger partial charge is 0.394 e. The molecule has 0 saturated heterocycles. The van der Waals surface area contributed by atoms with Gasteiger partial charge in [0.05, 0.1) is 18.8 Å². The summed E-state index contributed by atoms with van der Waals surface area (Å²) in [5.41, 5.74) is 0. The number of aliphatic hydroxyl groups excluding tert-OH is 4. The molecule has 0 aliphatic rings. The highest BCUT2D eigenvalue weighted by Crippen LogP contribution is 2.16. The zero-order valence-electron chi connectivity index (χ0n) is 37.1. The molecule has 0 aliphatic heterocycles. The molecule has 5 N–H and O–H groups in total. The molecule has 330 valence electrons. The minimum absolute atomic E-state index is 0.346. The molecule has 0 aromatic rings. The number of allylic oxidation sites excluding steroid dienone is 6. The second-order valence-electron chi connectivity index (χ2n) is 16.8. The fourth-order valence-electron chi connectivity index (χ4n) is 7.42. The van der Waals surface area contributed by atoms with Crippen LogP contribution in [0.15, 0.2) is 36.5 Å². The first-order chi connectivity index (χ1) is 27.5. The number of nitrogens with one attached hydrogen (secondary N) is 1. The van der Waals surface area contributed by atoms with Gasteiger partial charge in [-0.25, -0.2) is 0 Å². The first kappa shape index (κ1) is 54.5. The number of rotatable bonds is 44. The second kappa shape index (κ2) is 44.6. The maximum Gasteiger partial charge on any atom is 0.249 e. The summed E-state index contributed by atoms with van der Waals surface area (Å²) in [7, 11) is 0.